The van der Waals surface area contributed by atoms with Gasteiger partial charge in [-0.05, 0) is 36.0 Å². The van der Waals surface area contributed by atoms with Gasteiger partial charge in [0.05, 0.1) is 11.9 Å². The quantitative estimate of drug-likeness (QED) is 0.674. The SMILES string of the molecule is CCCCCC(CC)c1cc(C(=O)[O-])ccc1C(=O)[O-]. The summed E-state index contributed by atoms with van der Waals surface area (Å²) in [6, 6.07) is 3.97. The highest BCUT2D eigenvalue weighted by molar-refractivity contribution is 5.91. The lowest BCUT2D eigenvalue weighted by molar-refractivity contribution is -0.256. The van der Waals surface area contributed by atoms with Gasteiger partial charge in [0.25, 0.3) is 0 Å². The first-order valence-corrected chi connectivity index (χ1v) is 7.07. The number of benzene rings is 1. The van der Waals surface area contributed by atoms with Crippen LogP contribution >= 0.6 is 0 Å². The average Bonchev–Trinajstić information content (AvgIpc) is 2.43. The summed E-state index contributed by atoms with van der Waals surface area (Å²) >= 11 is 0. The number of hydrogen-bond acceptors (Lipinski definition) is 4. The Morgan fingerprint density at radius 2 is 1.80 bits per heavy atom. The van der Waals surface area contributed by atoms with Crippen LogP contribution in [0, 0.1) is 0 Å². The van der Waals surface area contributed by atoms with Gasteiger partial charge in [0.1, 0.15) is 0 Å². The van der Waals surface area contributed by atoms with Gasteiger partial charge in [-0.15, -0.1) is 0 Å². The van der Waals surface area contributed by atoms with Gasteiger partial charge in [-0.3, -0.25) is 0 Å². The molecule has 0 saturated heterocycles. The minimum Gasteiger partial charge on any atom is -0.545 e. The molecule has 0 spiro atoms. The third kappa shape index (κ3) is 4.08. The lowest BCUT2D eigenvalue weighted by Gasteiger charge is -2.21. The zero-order valence-electron chi connectivity index (χ0n) is 12.0. The van der Waals surface area contributed by atoms with Crippen molar-refractivity contribution in [1.82, 2.24) is 0 Å². The molecule has 1 unspecified atom stereocenters. The molecule has 0 heterocycles. The maximum absolute atomic E-state index is 11.2. The average molecular weight is 276 g/mol. The van der Waals surface area contributed by atoms with E-state index in [9.17, 15) is 19.8 Å². The fraction of sp³-hybridized carbons (Fsp3) is 0.500. The number of hydrogen-bond donors (Lipinski definition) is 0. The molecule has 1 rings (SSSR count). The highest BCUT2D eigenvalue weighted by Crippen LogP contribution is 2.29. The molecule has 1 aromatic carbocycles. The Kier molecular flexibility index (Phi) is 6.22. The van der Waals surface area contributed by atoms with Crippen molar-refractivity contribution in [1.29, 1.82) is 0 Å². The minimum absolute atomic E-state index is 0.0129. The molecule has 4 heteroatoms. The predicted molar refractivity (Wildman–Crippen MR) is 72.3 cm³/mol. The van der Waals surface area contributed by atoms with Crippen LogP contribution in [0.1, 0.15) is 78.1 Å². The molecular formula is C16H20O4-2. The number of carboxylic acid groups (broad SMARTS) is 2. The molecule has 0 aliphatic rings. The Labute approximate surface area is 119 Å². The van der Waals surface area contributed by atoms with E-state index in [2.05, 4.69) is 6.92 Å². The summed E-state index contributed by atoms with van der Waals surface area (Å²) in [5, 5.41) is 22.1. The van der Waals surface area contributed by atoms with Crippen LogP contribution in [0.4, 0.5) is 0 Å². The highest BCUT2D eigenvalue weighted by Gasteiger charge is 2.15. The lowest BCUT2D eigenvalue weighted by Crippen LogP contribution is -2.26. The summed E-state index contributed by atoms with van der Waals surface area (Å²) in [6.07, 6.45) is 4.78. The molecule has 110 valence electrons. The van der Waals surface area contributed by atoms with E-state index in [0.29, 0.717) is 5.56 Å². The van der Waals surface area contributed by atoms with Gasteiger partial charge in [0.2, 0.25) is 0 Å². The van der Waals surface area contributed by atoms with Gasteiger partial charge >= 0.3 is 0 Å². The summed E-state index contributed by atoms with van der Waals surface area (Å²) in [5.41, 5.74) is 0.641. The van der Waals surface area contributed by atoms with Crippen LogP contribution in [0.25, 0.3) is 0 Å². The maximum atomic E-state index is 11.2. The maximum Gasteiger partial charge on any atom is 0.0718 e. The van der Waals surface area contributed by atoms with Crippen molar-refractivity contribution in [2.45, 2.75) is 51.9 Å². The number of carboxylic acids is 2. The van der Waals surface area contributed by atoms with Crippen LogP contribution in [-0.4, -0.2) is 11.9 Å². The van der Waals surface area contributed by atoms with Crippen molar-refractivity contribution < 1.29 is 19.8 Å². The van der Waals surface area contributed by atoms with Gasteiger partial charge < -0.3 is 19.8 Å². The Hall–Kier alpha value is -1.84. The molecule has 0 N–H and O–H groups in total. The highest BCUT2D eigenvalue weighted by atomic mass is 16.4. The second-order valence-electron chi connectivity index (χ2n) is 4.98. The molecule has 0 bridgehead atoms. The van der Waals surface area contributed by atoms with E-state index in [4.69, 9.17) is 0 Å². The van der Waals surface area contributed by atoms with E-state index in [0.717, 1.165) is 32.1 Å². The zero-order valence-corrected chi connectivity index (χ0v) is 12.0. The van der Waals surface area contributed by atoms with E-state index in [1.807, 2.05) is 6.92 Å². The van der Waals surface area contributed by atoms with E-state index >= 15 is 0 Å². The summed E-state index contributed by atoms with van der Waals surface area (Å²) < 4.78 is 0. The third-order valence-electron chi connectivity index (χ3n) is 3.60. The van der Waals surface area contributed by atoms with Crippen LogP contribution in [0.2, 0.25) is 0 Å². The number of rotatable bonds is 8. The topological polar surface area (TPSA) is 80.3 Å². The second-order valence-corrected chi connectivity index (χ2v) is 4.98. The predicted octanol–water partition coefficient (Wildman–Crippen LogP) is 1.49. The molecule has 0 saturated carbocycles. The van der Waals surface area contributed by atoms with Crippen molar-refractivity contribution >= 4 is 11.9 Å². The van der Waals surface area contributed by atoms with Crippen molar-refractivity contribution in [3.8, 4) is 0 Å². The summed E-state index contributed by atoms with van der Waals surface area (Å²) in [4.78, 5) is 22.1. The molecule has 0 aromatic heterocycles. The molecule has 0 amide bonds. The fourth-order valence-electron chi connectivity index (χ4n) is 2.43. The summed E-state index contributed by atoms with van der Waals surface area (Å²) in [6.45, 7) is 4.08. The van der Waals surface area contributed by atoms with Crippen LogP contribution in [0.15, 0.2) is 18.2 Å². The number of carbonyl (C=O) groups is 2. The van der Waals surface area contributed by atoms with E-state index in [1.165, 1.54) is 18.2 Å². The molecule has 0 aliphatic carbocycles. The molecule has 0 radical (unpaired) electrons. The van der Waals surface area contributed by atoms with Crippen LogP contribution in [0.5, 0.6) is 0 Å². The van der Waals surface area contributed by atoms with Gasteiger partial charge in [0.15, 0.2) is 0 Å². The first-order chi connectivity index (χ1) is 9.51. The van der Waals surface area contributed by atoms with Crippen molar-refractivity contribution in [3.05, 3.63) is 34.9 Å². The van der Waals surface area contributed by atoms with Gasteiger partial charge in [-0.25, -0.2) is 0 Å². The fourth-order valence-corrected chi connectivity index (χ4v) is 2.43. The standard InChI is InChI=1S/C16H22O4/c1-3-5-6-7-11(4-2)14-10-12(15(17)18)8-9-13(14)16(19)20/h8-11H,3-7H2,1-2H3,(H,17,18)(H,19,20)/p-2. The number of carbonyl (C=O) groups excluding carboxylic acids is 2. The smallest absolute Gasteiger partial charge is 0.0718 e. The summed E-state index contributed by atoms with van der Waals surface area (Å²) in [7, 11) is 0. The van der Waals surface area contributed by atoms with Crippen molar-refractivity contribution in [2.75, 3.05) is 0 Å². The van der Waals surface area contributed by atoms with Gasteiger partial charge in [-0.1, -0.05) is 45.2 Å². The van der Waals surface area contributed by atoms with Crippen molar-refractivity contribution in [2.24, 2.45) is 0 Å². The van der Waals surface area contributed by atoms with E-state index in [-0.39, 0.29) is 17.0 Å². The van der Waals surface area contributed by atoms with Crippen LogP contribution < -0.4 is 10.2 Å². The monoisotopic (exact) mass is 276 g/mol. The third-order valence-corrected chi connectivity index (χ3v) is 3.60. The Morgan fingerprint density at radius 1 is 1.10 bits per heavy atom. The Morgan fingerprint density at radius 3 is 2.30 bits per heavy atom. The second kappa shape index (κ2) is 7.68. The first kappa shape index (κ1) is 16.2. The van der Waals surface area contributed by atoms with E-state index in [1.54, 1.807) is 0 Å². The lowest BCUT2D eigenvalue weighted by atomic mass is 9.86. The molecule has 1 aromatic rings. The first-order valence-electron chi connectivity index (χ1n) is 7.07. The Balaban J connectivity index is 3.11. The molecule has 0 fully saturated rings. The van der Waals surface area contributed by atoms with E-state index < -0.39 is 11.9 Å². The largest absolute Gasteiger partial charge is 0.545 e. The molecular weight excluding hydrogens is 256 g/mol. The summed E-state index contributed by atoms with van der Waals surface area (Å²) in [5.74, 6) is -2.52. The molecule has 20 heavy (non-hydrogen) atoms. The van der Waals surface area contributed by atoms with Gasteiger partial charge in [0, 0.05) is 5.56 Å². The zero-order chi connectivity index (χ0) is 15.1. The minimum atomic E-state index is -1.29. The van der Waals surface area contributed by atoms with Crippen LogP contribution in [0.3, 0.4) is 0 Å². The molecule has 4 nitrogen and oxygen atoms in total. The number of aromatic carboxylic acids is 2. The van der Waals surface area contributed by atoms with Gasteiger partial charge in [-0.2, -0.15) is 0 Å². The number of unbranched alkanes of at least 4 members (excludes halogenated alkanes) is 2. The van der Waals surface area contributed by atoms with Crippen molar-refractivity contribution in [3.63, 3.8) is 0 Å². The van der Waals surface area contributed by atoms with Crippen LogP contribution in [-0.2, 0) is 0 Å². The normalized spacial score (nSPS) is 12.1. The molecule has 1 atom stereocenters. The Bertz CT molecular complexity index is 479. The molecule has 0 aliphatic heterocycles.